The molecule has 2 N–H and O–H groups in total. The molecule has 8 nitrogen and oxygen atoms in total. The van der Waals surface area contributed by atoms with Gasteiger partial charge in [-0.1, -0.05) is 23.2 Å². The van der Waals surface area contributed by atoms with E-state index in [9.17, 15) is 4.79 Å². The van der Waals surface area contributed by atoms with E-state index in [0.29, 0.717) is 33.1 Å². The standard InChI is InChI=1S/C21H16Cl2N6O2/c22-14-2-7-18(17(23)10-14)31-12-21(30)28-16-5-3-15(4-6-16)27-19-11-20(25-13-24-19)29-9-1-8-26-29/h1-11,13H,12H2,(H,28,30)(H,24,25,27). The Morgan fingerprint density at radius 3 is 2.58 bits per heavy atom. The van der Waals surface area contributed by atoms with Gasteiger partial charge in [-0.15, -0.1) is 0 Å². The van der Waals surface area contributed by atoms with Crippen LogP contribution >= 0.6 is 23.2 Å². The quantitative estimate of drug-likeness (QED) is 0.419. The van der Waals surface area contributed by atoms with Gasteiger partial charge in [0.15, 0.2) is 12.4 Å². The molecular formula is C21H16Cl2N6O2. The lowest BCUT2D eigenvalue weighted by Crippen LogP contribution is -2.20. The van der Waals surface area contributed by atoms with E-state index in [-0.39, 0.29) is 12.5 Å². The smallest absolute Gasteiger partial charge is 0.262 e. The first kappa shape index (κ1) is 20.6. The Kier molecular flexibility index (Phi) is 6.30. The number of ether oxygens (including phenoxy) is 1. The highest BCUT2D eigenvalue weighted by Crippen LogP contribution is 2.27. The normalized spacial score (nSPS) is 10.5. The van der Waals surface area contributed by atoms with Gasteiger partial charge in [0.2, 0.25) is 0 Å². The second kappa shape index (κ2) is 9.46. The van der Waals surface area contributed by atoms with Gasteiger partial charge >= 0.3 is 0 Å². The number of nitrogens with one attached hydrogen (secondary N) is 2. The number of benzene rings is 2. The largest absolute Gasteiger partial charge is 0.482 e. The minimum Gasteiger partial charge on any atom is -0.482 e. The second-order valence-corrected chi connectivity index (χ2v) is 7.17. The number of nitrogens with zero attached hydrogens (tertiary/aromatic N) is 4. The van der Waals surface area contributed by atoms with Gasteiger partial charge in [0.05, 0.1) is 5.02 Å². The van der Waals surface area contributed by atoms with Crippen LogP contribution < -0.4 is 15.4 Å². The molecule has 10 heteroatoms. The van der Waals surface area contributed by atoms with Crippen LogP contribution in [0.5, 0.6) is 5.75 Å². The number of rotatable bonds is 7. The average Bonchev–Trinajstić information content (AvgIpc) is 3.30. The van der Waals surface area contributed by atoms with Gasteiger partial charge in [-0.2, -0.15) is 5.10 Å². The summed E-state index contributed by atoms with van der Waals surface area (Å²) < 4.78 is 7.08. The summed E-state index contributed by atoms with van der Waals surface area (Å²) in [7, 11) is 0. The highest BCUT2D eigenvalue weighted by molar-refractivity contribution is 6.35. The third-order valence-corrected chi connectivity index (χ3v) is 4.62. The zero-order valence-corrected chi connectivity index (χ0v) is 17.5. The molecule has 0 aliphatic carbocycles. The summed E-state index contributed by atoms with van der Waals surface area (Å²) in [6.45, 7) is -0.182. The minimum atomic E-state index is -0.314. The Balaban J connectivity index is 1.33. The van der Waals surface area contributed by atoms with E-state index in [1.807, 2.05) is 18.2 Å². The lowest BCUT2D eigenvalue weighted by atomic mass is 10.2. The highest BCUT2D eigenvalue weighted by Gasteiger charge is 2.08. The van der Waals surface area contributed by atoms with Crippen molar-refractivity contribution in [3.63, 3.8) is 0 Å². The summed E-state index contributed by atoms with van der Waals surface area (Å²) in [4.78, 5) is 20.6. The van der Waals surface area contributed by atoms with E-state index in [4.69, 9.17) is 27.9 Å². The van der Waals surface area contributed by atoms with Crippen LogP contribution in [0, 0.1) is 0 Å². The van der Waals surface area contributed by atoms with E-state index < -0.39 is 0 Å². The number of aromatic nitrogens is 4. The SMILES string of the molecule is O=C(COc1ccc(Cl)cc1Cl)Nc1ccc(Nc2cc(-n3cccn3)ncn2)cc1. The lowest BCUT2D eigenvalue weighted by molar-refractivity contribution is -0.118. The molecule has 4 aromatic rings. The van der Waals surface area contributed by atoms with Crippen molar-refractivity contribution in [3.05, 3.63) is 83.4 Å². The fourth-order valence-corrected chi connectivity index (χ4v) is 3.13. The average molecular weight is 455 g/mol. The maximum absolute atomic E-state index is 12.1. The highest BCUT2D eigenvalue weighted by atomic mass is 35.5. The minimum absolute atomic E-state index is 0.182. The predicted molar refractivity (Wildman–Crippen MR) is 119 cm³/mol. The summed E-state index contributed by atoms with van der Waals surface area (Å²) in [6, 6.07) is 15.6. The monoisotopic (exact) mass is 454 g/mol. The van der Waals surface area contributed by atoms with Crippen molar-refractivity contribution in [3.8, 4) is 11.6 Å². The summed E-state index contributed by atoms with van der Waals surface area (Å²) in [6.07, 6.45) is 4.94. The van der Waals surface area contributed by atoms with E-state index in [1.165, 1.54) is 6.33 Å². The molecule has 2 heterocycles. The molecule has 4 rings (SSSR count). The Hall–Kier alpha value is -3.62. The molecule has 156 valence electrons. The van der Waals surface area contributed by atoms with E-state index in [2.05, 4.69) is 25.7 Å². The van der Waals surface area contributed by atoms with Crippen molar-refractivity contribution in [1.29, 1.82) is 0 Å². The molecule has 0 bridgehead atoms. The van der Waals surface area contributed by atoms with Gasteiger partial charge in [-0.05, 0) is 48.5 Å². The van der Waals surface area contributed by atoms with Gasteiger partial charge in [0.1, 0.15) is 17.9 Å². The van der Waals surface area contributed by atoms with Gasteiger partial charge in [-0.25, -0.2) is 14.6 Å². The van der Waals surface area contributed by atoms with Crippen LogP contribution in [-0.2, 0) is 4.79 Å². The number of hydrogen-bond acceptors (Lipinski definition) is 6. The van der Waals surface area contributed by atoms with Crippen LogP contribution in [0.3, 0.4) is 0 Å². The number of carbonyl (C=O) groups is 1. The third-order valence-electron chi connectivity index (χ3n) is 4.09. The second-order valence-electron chi connectivity index (χ2n) is 6.33. The van der Waals surface area contributed by atoms with Gasteiger partial charge in [0, 0.05) is 34.9 Å². The summed E-state index contributed by atoms with van der Waals surface area (Å²) in [5.74, 6) is 1.34. The van der Waals surface area contributed by atoms with Crippen LogP contribution in [0.15, 0.2) is 73.3 Å². The van der Waals surface area contributed by atoms with E-state index in [0.717, 1.165) is 5.69 Å². The molecule has 31 heavy (non-hydrogen) atoms. The van der Waals surface area contributed by atoms with E-state index in [1.54, 1.807) is 53.5 Å². The molecule has 0 saturated carbocycles. The van der Waals surface area contributed by atoms with Crippen molar-refractivity contribution in [1.82, 2.24) is 19.7 Å². The zero-order chi connectivity index (χ0) is 21.6. The maximum Gasteiger partial charge on any atom is 0.262 e. The first-order valence-corrected chi connectivity index (χ1v) is 9.89. The van der Waals surface area contributed by atoms with Gasteiger partial charge in [0.25, 0.3) is 5.91 Å². The zero-order valence-electron chi connectivity index (χ0n) is 16.0. The molecule has 0 aliphatic heterocycles. The van der Waals surface area contributed by atoms with Crippen molar-refractivity contribution >= 4 is 46.3 Å². The molecule has 0 atom stereocenters. The molecule has 0 radical (unpaired) electrons. The molecule has 0 saturated heterocycles. The molecule has 0 unspecified atom stereocenters. The van der Waals surface area contributed by atoms with Crippen LogP contribution in [0.25, 0.3) is 5.82 Å². The van der Waals surface area contributed by atoms with E-state index >= 15 is 0 Å². The first-order valence-electron chi connectivity index (χ1n) is 9.14. The van der Waals surface area contributed by atoms with Crippen LogP contribution in [-0.4, -0.2) is 32.3 Å². The number of amides is 1. The Bertz CT molecular complexity index is 1180. The maximum atomic E-state index is 12.1. The Morgan fingerprint density at radius 2 is 1.84 bits per heavy atom. The lowest BCUT2D eigenvalue weighted by Gasteiger charge is -2.10. The molecule has 0 aliphatic rings. The molecule has 1 amide bonds. The molecule has 2 aromatic heterocycles. The number of anilines is 3. The van der Waals surface area contributed by atoms with Crippen molar-refractivity contribution in [2.75, 3.05) is 17.2 Å². The van der Waals surface area contributed by atoms with Crippen molar-refractivity contribution < 1.29 is 9.53 Å². The van der Waals surface area contributed by atoms with Crippen molar-refractivity contribution in [2.45, 2.75) is 0 Å². The van der Waals surface area contributed by atoms with Crippen LogP contribution in [0.1, 0.15) is 0 Å². The van der Waals surface area contributed by atoms with Crippen LogP contribution in [0.4, 0.5) is 17.2 Å². The predicted octanol–water partition coefficient (Wildman–Crippen LogP) is 4.73. The fourth-order valence-electron chi connectivity index (χ4n) is 2.66. The molecule has 0 fully saturated rings. The fraction of sp³-hybridized carbons (Fsp3) is 0.0476. The number of hydrogen-bond donors (Lipinski definition) is 2. The third kappa shape index (κ3) is 5.50. The summed E-state index contributed by atoms with van der Waals surface area (Å²) in [5, 5.41) is 10.9. The number of halogens is 2. The Morgan fingerprint density at radius 1 is 1.03 bits per heavy atom. The molecule has 0 spiro atoms. The molecule has 2 aromatic carbocycles. The topological polar surface area (TPSA) is 94.0 Å². The van der Waals surface area contributed by atoms with Crippen LogP contribution in [0.2, 0.25) is 10.0 Å². The molecular weight excluding hydrogens is 439 g/mol. The van der Waals surface area contributed by atoms with Gasteiger partial charge in [-0.3, -0.25) is 4.79 Å². The van der Waals surface area contributed by atoms with Crippen molar-refractivity contribution in [2.24, 2.45) is 0 Å². The summed E-state index contributed by atoms with van der Waals surface area (Å²) in [5.41, 5.74) is 1.42. The first-order chi connectivity index (χ1) is 15.1. The van der Waals surface area contributed by atoms with Gasteiger partial charge < -0.3 is 15.4 Å². The Labute approximate surface area is 187 Å². The summed E-state index contributed by atoms with van der Waals surface area (Å²) >= 11 is 11.9. The number of carbonyl (C=O) groups excluding carboxylic acids is 1.